The molecule has 2 heterocycles. The average molecular weight is 374 g/mol. The summed E-state index contributed by atoms with van der Waals surface area (Å²) in [4.78, 5) is 16.7. The Balaban J connectivity index is 1.52. The van der Waals surface area contributed by atoms with Crippen LogP contribution in [0.4, 0.5) is 0 Å². The third-order valence-corrected chi connectivity index (χ3v) is 4.73. The first kappa shape index (κ1) is 18.0. The van der Waals surface area contributed by atoms with Crippen LogP contribution < -0.4 is 4.74 Å². The van der Waals surface area contributed by atoms with Crippen molar-refractivity contribution in [3.05, 3.63) is 84.1 Å². The molecule has 0 saturated carbocycles. The average Bonchev–Trinajstić information content (AvgIpc) is 3.33. The van der Waals surface area contributed by atoms with Crippen molar-refractivity contribution >= 4 is 16.7 Å². The van der Waals surface area contributed by atoms with Crippen LogP contribution in [0.1, 0.15) is 41.5 Å². The molecule has 0 amide bonds. The maximum Gasteiger partial charge on any atom is 0.345 e. The summed E-state index contributed by atoms with van der Waals surface area (Å²) < 4.78 is 13.1. The van der Waals surface area contributed by atoms with Gasteiger partial charge in [-0.1, -0.05) is 37.6 Å². The lowest BCUT2D eigenvalue weighted by atomic mass is 10.1. The third kappa shape index (κ3) is 3.83. The van der Waals surface area contributed by atoms with Crippen LogP contribution in [0.15, 0.2) is 71.6 Å². The summed E-state index contributed by atoms with van der Waals surface area (Å²) in [6.07, 6.45) is 8.75. The predicted molar refractivity (Wildman–Crippen MR) is 108 cm³/mol. The summed E-state index contributed by atoms with van der Waals surface area (Å²) in [5.74, 6) is 0.896. The molecule has 5 nitrogen and oxygen atoms in total. The van der Waals surface area contributed by atoms with Crippen LogP contribution in [0.5, 0.6) is 5.95 Å². The minimum Gasteiger partial charge on any atom is -0.433 e. The molecule has 0 N–H and O–H groups in total. The molecule has 0 spiro atoms. The van der Waals surface area contributed by atoms with E-state index < -0.39 is 5.97 Å². The molecular weight excluding hydrogens is 352 g/mol. The largest absolute Gasteiger partial charge is 0.433 e. The van der Waals surface area contributed by atoms with Crippen LogP contribution in [-0.2, 0) is 13.0 Å². The molecule has 0 aliphatic heterocycles. The zero-order valence-electron chi connectivity index (χ0n) is 15.8. The Kier molecular flexibility index (Phi) is 5.24. The van der Waals surface area contributed by atoms with E-state index in [0.717, 1.165) is 48.0 Å². The number of unbranched alkanes of at least 4 members (excludes halogenated alkanes) is 1. The molecular formula is C23H22N2O3. The summed E-state index contributed by atoms with van der Waals surface area (Å²) in [5, 5.41) is 1.69. The zero-order valence-corrected chi connectivity index (χ0v) is 15.8. The number of carbonyl (C=O) groups excluding carboxylic acids is 1. The summed E-state index contributed by atoms with van der Waals surface area (Å²) in [6.45, 7) is 2.93. The molecule has 4 aromatic rings. The number of esters is 1. The highest BCUT2D eigenvalue weighted by Crippen LogP contribution is 2.29. The van der Waals surface area contributed by atoms with Gasteiger partial charge in [-0.15, -0.1) is 0 Å². The molecule has 28 heavy (non-hydrogen) atoms. The lowest BCUT2D eigenvalue weighted by molar-refractivity contribution is 0.0697. The Bertz CT molecular complexity index is 1080. The molecule has 0 aliphatic carbocycles. The van der Waals surface area contributed by atoms with Crippen molar-refractivity contribution in [2.45, 2.75) is 32.7 Å². The van der Waals surface area contributed by atoms with Crippen molar-refractivity contribution in [2.24, 2.45) is 0 Å². The van der Waals surface area contributed by atoms with E-state index in [2.05, 4.69) is 22.5 Å². The highest BCUT2D eigenvalue weighted by atomic mass is 16.6. The fourth-order valence-corrected chi connectivity index (χ4v) is 3.21. The van der Waals surface area contributed by atoms with Crippen molar-refractivity contribution in [3.8, 4) is 5.95 Å². The van der Waals surface area contributed by atoms with E-state index in [0.29, 0.717) is 5.56 Å². The molecule has 0 saturated heterocycles. The van der Waals surface area contributed by atoms with Gasteiger partial charge in [0.05, 0.1) is 10.9 Å². The van der Waals surface area contributed by atoms with E-state index in [1.165, 1.54) is 0 Å². The highest BCUT2D eigenvalue weighted by molar-refractivity contribution is 5.94. The van der Waals surface area contributed by atoms with Crippen molar-refractivity contribution < 1.29 is 13.9 Å². The minimum atomic E-state index is -0.431. The smallest absolute Gasteiger partial charge is 0.345 e. The molecule has 0 unspecified atom stereocenters. The number of aromatic nitrogens is 2. The standard InChI is InChI=1S/C23H22N2O3/c1-2-3-9-21-24-12-13-25(21)15-17-10-11-20-19(14-17)16-27-23(20)28-22(26)18-7-5-4-6-8-18/h4-8,10-14,16H,2-3,9,15H2,1H3. The summed E-state index contributed by atoms with van der Waals surface area (Å²) >= 11 is 0. The molecule has 0 aliphatic rings. The first-order chi connectivity index (χ1) is 13.7. The van der Waals surface area contributed by atoms with Gasteiger partial charge in [-0.05, 0) is 36.2 Å². The Morgan fingerprint density at radius 3 is 2.86 bits per heavy atom. The van der Waals surface area contributed by atoms with Gasteiger partial charge in [0.1, 0.15) is 12.1 Å². The number of imidazole rings is 1. The van der Waals surface area contributed by atoms with E-state index in [1.54, 1.807) is 30.5 Å². The van der Waals surface area contributed by atoms with E-state index >= 15 is 0 Å². The SMILES string of the molecule is CCCCc1nccn1Cc1ccc2c(OC(=O)c3ccccc3)occ2c1. The molecule has 2 aromatic heterocycles. The molecule has 0 fully saturated rings. The molecule has 5 heteroatoms. The van der Waals surface area contributed by atoms with Crippen LogP contribution in [0.2, 0.25) is 0 Å². The Morgan fingerprint density at radius 2 is 2.04 bits per heavy atom. The number of nitrogens with zero attached hydrogens (tertiary/aromatic N) is 2. The van der Waals surface area contributed by atoms with Crippen LogP contribution >= 0.6 is 0 Å². The van der Waals surface area contributed by atoms with E-state index in [4.69, 9.17) is 9.15 Å². The maximum absolute atomic E-state index is 12.3. The molecule has 2 aromatic carbocycles. The van der Waals surface area contributed by atoms with Crippen molar-refractivity contribution in [1.29, 1.82) is 0 Å². The Morgan fingerprint density at radius 1 is 1.18 bits per heavy atom. The number of furan rings is 1. The van der Waals surface area contributed by atoms with Crippen molar-refractivity contribution in [2.75, 3.05) is 0 Å². The summed E-state index contributed by atoms with van der Waals surface area (Å²) in [6, 6.07) is 14.9. The number of hydrogen-bond donors (Lipinski definition) is 0. The van der Waals surface area contributed by atoms with Gasteiger partial charge in [0.25, 0.3) is 0 Å². The van der Waals surface area contributed by atoms with Gasteiger partial charge in [-0.25, -0.2) is 9.78 Å². The first-order valence-electron chi connectivity index (χ1n) is 9.52. The van der Waals surface area contributed by atoms with Gasteiger partial charge in [-0.2, -0.15) is 0 Å². The summed E-state index contributed by atoms with van der Waals surface area (Å²) in [5.41, 5.74) is 1.63. The minimum absolute atomic E-state index is 0.224. The number of benzene rings is 2. The number of fused-ring (bicyclic) bond motifs is 1. The number of hydrogen-bond acceptors (Lipinski definition) is 4. The second kappa shape index (κ2) is 8.13. The molecule has 0 atom stereocenters. The first-order valence-corrected chi connectivity index (χ1v) is 9.52. The quantitative estimate of drug-likeness (QED) is 0.415. The normalized spacial score (nSPS) is 11.0. The fraction of sp³-hybridized carbons (Fsp3) is 0.217. The number of ether oxygens (including phenoxy) is 1. The van der Waals surface area contributed by atoms with Gasteiger partial charge in [0.2, 0.25) is 0 Å². The van der Waals surface area contributed by atoms with Crippen LogP contribution in [0.3, 0.4) is 0 Å². The van der Waals surface area contributed by atoms with Gasteiger partial charge in [-0.3, -0.25) is 0 Å². The van der Waals surface area contributed by atoms with Crippen LogP contribution in [0.25, 0.3) is 10.8 Å². The molecule has 142 valence electrons. The van der Waals surface area contributed by atoms with E-state index in [9.17, 15) is 4.79 Å². The maximum atomic E-state index is 12.3. The molecule has 0 bridgehead atoms. The second-order valence-electron chi connectivity index (χ2n) is 6.78. The van der Waals surface area contributed by atoms with Crippen molar-refractivity contribution in [1.82, 2.24) is 9.55 Å². The lowest BCUT2D eigenvalue weighted by Crippen LogP contribution is -2.07. The monoisotopic (exact) mass is 374 g/mol. The van der Waals surface area contributed by atoms with Crippen LogP contribution in [-0.4, -0.2) is 15.5 Å². The predicted octanol–water partition coefficient (Wildman–Crippen LogP) is 5.24. The van der Waals surface area contributed by atoms with Gasteiger partial charge >= 0.3 is 11.9 Å². The zero-order chi connectivity index (χ0) is 19.3. The lowest BCUT2D eigenvalue weighted by Gasteiger charge is -2.08. The number of aryl methyl sites for hydroxylation is 1. The van der Waals surface area contributed by atoms with Gasteiger partial charge in [0.15, 0.2) is 0 Å². The Hall–Kier alpha value is -3.34. The Labute approximate surface area is 163 Å². The van der Waals surface area contributed by atoms with Crippen LogP contribution in [0, 0.1) is 0 Å². The van der Waals surface area contributed by atoms with Crippen molar-refractivity contribution in [3.63, 3.8) is 0 Å². The fourth-order valence-electron chi connectivity index (χ4n) is 3.21. The van der Waals surface area contributed by atoms with E-state index in [-0.39, 0.29) is 5.95 Å². The second-order valence-corrected chi connectivity index (χ2v) is 6.78. The number of carbonyl (C=O) groups is 1. The highest BCUT2D eigenvalue weighted by Gasteiger charge is 2.14. The van der Waals surface area contributed by atoms with Gasteiger partial charge < -0.3 is 13.7 Å². The topological polar surface area (TPSA) is 57.3 Å². The molecule has 0 radical (unpaired) electrons. The summed E-state index contributed by atoms with van der Waals surface area (Å²) in [7, 11) is 0. The van der Waals surface area contributed by atoms with Gasteiger partial charge in [0, 0.05) is 30.7 Å². The third-order valence-electron chi connectivity index (χ3n) is 4.73. The molecule has 4 rings (SSSR count). The number of rotatable bonds is 7. The van der Waals surface area contributed by atoms with E-state index in [1.807, 2.05) is 30.6 Å².